The molecule has 0 aromatic carbocycles. The van der Waals surface area contributed by atoms with E-state index in [2.05, 4.69) is 15.1 Å². The van der Waals surface area contributed by atoms with Crippen molar-refractivity contribution in [3.63, 3.8) is 0 Å². The highest BCUT2D eigenvalue weighted by molar-refractivity contribution is 7.91. The summed E-state index contributed by atoms with van der Waals surface area (Å²) < 4.78 is 34.4. The lowest BCUT2D eigenvalue weighted by atomic mass is 10.1. The van der Waals surface area contributed by atoms with E-state index in [-0.39, 0.29) is 17.8 Å². The van der Waals surface area contributed by atoms with Crippen molar-refractivity contribution < 1.29 is 17.7 Å². The number of ether oxygens (including phenoxy) is 1. The van der Waals surface area contributed by atoms with Crippen LogP contribution in [0.3, 0.4) is 0 Å². The smallest absolute Gasteiger partial charge is 0.259 e. The van der Waals surface area contributed by atoms with E-state index in [9.17, 15) is 8.42 Å². The Morgan fingerprint density at radius 2 is 1.96 bits per heavy atom. The second kappa shape index (κ2) is 6.16. The molecule has 2 aromatic rings. The van der Waals surface area contributed by atoms with Crippen molar-refractivity contribution in [2.24, 2.45) is 0 Å². The fourth-order valence-corrected chi connectivity index (χ4v) is 4.49. The highest BCUT2D eigenvalue weighted by atomic mass is 32.2. The summed E-state index contributed by atoms with van der Waals surface area (Å²) in [5.41, 5.74) is 0.631. The van der Waals surface area contributed by atoms with Crippen LogP contribution in [0.15, 0.2) is 22.9 Å². The molecule has 0 spiro atoms. The molecule has 0 atom stereocenters. The summed E-state index contributed by atoms with van der Waals surface area (Å²) in [4.78, 5) is 8.55. The quantitative estimate of drug-likeness (QED) is 0.817. The molecule has 1 saturated carbocycles. The molecule has 2 heterocycles. The molecule has 7 nitrogen and oxygen atoms in total. The van der Waals surface area contributed by atoms with Gasteiger partial charge in [0.2, 0.25) is 5.88 Å². The minimum atomic E-state index is -3.33. The van der Waals surface area contributed by atoms with Crippen LogP contribution < -0.4 is 4.74 Å². The number of nitrogens with zero attached hydrogens (tertiary/aromatic N) is 3. The van der Waals surface area contributed by atoms with Crippen molar-refractivity contribution in [2.45, 2.75) is 50.4 Å². The van der Waals surface area contributed by atoms with Crippen molar-refractivity contribution in [3.05, 3.63) is 24.2 Å². The summed E-state index contributed by atoms with van der Waals surface area (Å²) in [6.45, 7) is 3.85. The molecule has 2 aromatic heterocycles. The SMILES string of the molecule is CC(C)Oc1ccc(-c2nc(C3(S(C)(=O)=O)CCCC3)no2)cn1. The van der Waals surface area contributed by atoms with Gasteiger partial charge in [-0.05, 0) is 32.8 Å². The molecular formula is C16H21N3O4S. The fraction of sp³-hybridized carbons (Fsp3) is 0.562. The molecule has 1 aliphatic carbocycles. The van der Waals surface area contributed by atoms with Crippen LogP contribution >= 0.6 is 0 Å². The third kappa shape index (κ3) is 3.02. The van der Waals surface area contributed by atoms with Gasteiger partial charge in [-0.25, -0.2) is 13.4 Å². The van der Waals surface area contributed by atoms with Crippen molar-refractivity contribution in [1.82, 2.24) is 15.1 Å². The van der Waals surface area contributed by atoms with Crippen LogP contribution in [0.5, 0.6) is 5.88 Å². The van der Waals surface area contributed by atoms with Crippen LogP contribution in [0.25, 0.3) is 11.5 Å². The average molecular weight is 351 g/mol. The van der Waals surface area contributed by atoms with Gasteiger partial charge in [-0.15, -0.1) is 0 Å². The van der Waals surface area contributed by atoms with E-state index in [0.29, 0.717) is 24.3 Å². The van der Waals surface area contributed by atoms with Crippen molar-refractivity contribution >= 4 is 9.84 Å². The molecule has 0 saturated heterocycles. The number of aromatic nitrogens is 3. The second-order valence-electron chi connectivity index (χ2n) is 6.45. The maximum atomic E-state index is 12.3. The maximum absolute atomic E-state index is 12.3. The molecule has 0 radical (unpaired) electrons. The van der Waals surface area contributed by atoms with Crippen LogP contribution in [0, 0.1) is 0 Å². The Labute approximate surface area is 141 Å². The molecule has 0 bridgehead atoms. The van der Waals surface area contributed by atoms with Gasteiger partial charge in [-0.2, -0.15) is 4.98 Å². The van der Waals surface area contributed by atoms with Gasteiger partial charge in [0.05, 0.1) is 11.7 Å². The topological polar surface area (TPSA) is 95.2 Å². The lowest BCUT2D eigenvalue weighted by Crippen LogP contribution is -2.33. The molecule has 1 fully saturated rings. The van der Waals surface area contributed by atoms with E-state index >= 15 is 0 Å². The van der Waals surface area contributed by atoms with E-state index in [1.54, 1.807) is 18.3 Å². The molecule has 0 aliphatic heterocycles. The molecule has 8 heteroatoms. The number of pyridine rings is 1. The molecule has 0 unspecified atom stereocenters. The van der Waals surface area contributed by atoms with Crippen LogP contribution in [0.1, 0.15) is 45.4 Å². The van der Waals surface area contributed by atoms with Gasteiger partial charge in [0.25, 0.3) is 5.89 Å². The van der Waals surface area contributed by atoms with Gasteiger partial charge in [-0.3, -0.25) is 0 Å². The average Bonchev–Trinajstić information content (AvgIpc) is 3.16. The minimum absolute atomic E-state index is 0.0374. The van der Waals surface area contributed by atoms with Crippen LogP contribution in [0.2, 0.25) is 0 Å². The van der Waals surface area contributed by atoms with Gasteiger partial charge < -0.3 is 9.26 Å². The zero-order valence-electron chi connectivity index (χ0n) is 14.0. The van der Waals surface area contributed by atoms with E-state index in [1.165, 1.54) is 6.26 Å². The maximum Gasteiger partial charge on any atom is 0.259 e. The third-order valence-electron chi connectivity index (χ3n) is 4.29. The highest BCUT2D eigenvalue weighted by Crippen LogP contribution is 2.44. The van der Waals surface area contributed by atoms with Crippen molar-refractivity contribution in [2.75, 3.05) is 6.26 Å². The zero-order valence-corrected chi connectivity index (χ0v) is 14.8. The predicted octanol–water partition coefficient (Wildman–Crippen LogP) is 2.73. The molecule has 130 valence electrons. The Kier molecular flexibility index (Phi) is 4.33. The van der Waals surface area contributed by atoms with Crippen molar-refractivity contribution in [1.29, 1.82) is 0 Å². The largest absolute Gasteiger partial charge is 0.475 e. The standard InChI is InChI=1S/C16H21N3O4S/c1-11(2)22-13-7-6-12(10-17-13)14-18-15(19-23-14)16(24(3,20)21)8-4-5-9-16/h6-7,10-11H,4-5,8-9H2,1-3H3. The summed E-state index contributed by atoms with van der Waals surface area (Å²) in [6.07, 6.45) is 5.62. The third-order valence-corrected chi connectivity index (χ3v) is 6.30. The van der Waals surface area contributed by atoms with Crippen molar-refractivity contribution in [3.8, 4) is 17.3 Å². The fourth-order valence-electron chi connectivity index (χ4n) is 3.05. The number of hydrogen-bond donors (Lipinski definition) is 0. The van der Waals surface area contributed by atoms with E-state index in [4.69, 9.17) is 9.26 Å². The predicted molar refractivity (Wildman–Crippen MR) is 88.3 cm³/mol. The van der Waals surface area contributed by atoms with E-state index < -0.39 is 14.6 Å². The van der Waals surface area contributed by atoms with Gasteiger partial charge >= 0.3 is 0 Å². The summed E-state index contributed by atoms with van der Waals surface area (Å²) in [5, 5.41) is 3.96. The first-order chi connectivity index (χ1) is 11.3. The summed E-state index contributed by atoms with van der Waals surface area (Å²) >= 11 is 0. The minimum Gasteiger partial charge on any atom is -0.475 e. The Morgan fingerprint density at radius 1 is 1.25 bits per heavy atom. The lowest BCUT2D eigenvalue weighted by molar-refractivity contribution is 0.232. The Balaban J connectivity index is 1.90. The van der Waals surface area contributed by atoms with E-state index in [0.717, 1.165) is 12.8 Å². The molecule has 24 heavy (non-hydrogen) atoms. The van der Waals surface area contributed by atoms with Gasteiger partial charge in [0.15, 0.2) is 15.7 Å². The summed E-state index contributed by atoms with van der Waals surface area (Å²) in [6, 6.07) is 3.49. The monoisotopic (exact) mass is 351 g/mol. The first-order valence-corrected chi connectivity index (χ1v) is 9.88. The normalized spacial score (nSPS) is 17.3. The Bertz CT molecular complexity index is 806. The Morgan fingerprint density at radius 3 is 2.50 bits per heavy atom. The summed E-state index contributed by atoms with van der Waals surface area (Å²) in [5.74, 6) is 1.03. The molecule has 3 rings (SSSR count). The number of rotatable bonds is 5. The van der Waals surface area contributed by atoms with Crippen LogP contribution in [-0.4, -0.2) is 35.9 Å². The van der Waals surface area contributed by atoms with Gasteiger partial charge in [-0.1, -0.05) is 18.0 Å². The second-order valence-corrected chi connectivity index (χ2v) is 8.77. The van der Waals surface area contributed by atoms with E-state index in [1.807, 2.05) is 13.8 Å². The molecular weight excluding hydrogens is 330 g/mol. The van der Waals surface area contributed by atoms with Crippen LogP contribution in [-0.2, 0) is 14.6 Å². The molecule has 0 N–H and O–H groups in total. The first kappa shape index (κ1) is 16.9. The highest BCUT2D eigenvalue weighted by Gasteiger charge is 2.48. The first-order valence-electron chi connectivity index (χ1n) is 7.99. The van der Waals surface area contributed by atoms with Gasteiger partial charge in [0, 0.05) is 18.5 Å². The zero-order chi connectivity index (χ0) is 17.4. The summed E-state index contributed by atoms with van der Waals surface area (Å²) in [7, 11) is -3.33. The van der Waals surface area contributed by atoms with Gasteiger partial charge in [0.1, 0.15) is 4.75 Å². The Hall–Kier alpha value is -1.96. The number of sulfone groups is 1. The molecule has 1 aliphatic rings. The molecule has 0 amide bonds. The number of hydrogen-bond acceptors (Lipinski definition) is 7. The van der Waals surface area contributed by atoms with Crippen LogP contribution in [0.4, 0.5) is 0 Å². The lowest BCUT2D eigenvalue weighted by Gasteiger charge is -2.22.